The lowest BCUT2D eigenvalue weighted by Gasteiger charge is -2.05. The normalized spacial score (nSPS) is 12.6. The summed E-state index contributed by atoms with van der Waals surface area (Å²) >= 11 is 0. The lowest BCUT2D eigenvalue weighted by atomic mass is 10.0. The Kier molecular flexibility index (Phi) is 9.33. The van der Waals surface area contributed by atoms with Crippen LogP contribution in [0.15, 0.2) is 55.5 Å². The topological polar surface area (TPSA) is 117 Å². The van der Waals surface area contributed by atoms with E-state index in [-0.39, 0.29) is 5.91 Å². The van der Waals surface area contributed by atoms with Gasteiger partial charge < -0.3 is 15.6 Å². The van der Waals surface area contributed by atoms with E-state index in [1.807, 2.05) is 24.3 Å². The van der Waals surface area contributed by atoms with Gasteiger partial charge in [0.15, 0.2) is 0 Å². The number of fused-ring (bicyclic) bond motifs is 2. The van der Waals surface area contributed by atoms with Gasteiger partial charge in [-0.25, -0.2) is 4.98 Å². The molecule has 34 heavy (non-hydrogen) atoms. The summed E-state index contributed by atoms with van der Waals surface area (Å²) in [6.07, 6.45) is 16.2. The highest BCUT2D eigenvalue weighted by atomic mass is 16.1. The SMILES string of the molecule is C1CCCCC1.C=CC(=O)NC.O=CNCc1cc2c(-c3cnn4ncccc34)ccnc2[nH]1. The Labute approximate surface area is 198 Å². The number of pyridine rings is 1. The highest BCUT2D eigenvalue weighted by molar-refractivity contribution is 5.97. The van der Waals surface area contributed by atoms with Crippen molar-refractivity contribution >= 4 is 28.9 Å². The van der Waals surface area contributed by atoms with Gasteiger partial charge in [-0.1, -0.05) is 45.1 Å². The summed E-state index contributed by atoms with van der Waals surface area (Å²) in [5, 5.41) is 14.5. The molecule has 2 amide bonds. The van der Waals surface area contributed by atoms with Crippen LogP contribution in [0.2, 0.25) is 0 Å². The van der Waals surface area contributed by atoms with Gasteiger partial charge in [0.25, 0.3) is 0 Å². The first kappa shape index (κ1) is 24.6. The number of likely N-dealkylation sites (N-methyl/N-ethyl adjacent to an activating group) is 1. The Bertz CT molecular complexity index is 1210. The molecule has 1 aliphatic carbocycles. The molecule has 4 aromatic rings. The van der Waals surface area contributed by atoms with E-state index in [2.05, 4.69) is 37.4 Å². The monoisotopic (exact) mass is 461 g/mol. The van der Waals surface area contributed by atoms with Crippen molar-refractivity contribution in [3.8, 4) is 11.1 Å². The van der Waals surface area contributed by atoms with E-state index >= 15 is 0 Å². The van der Waals surface area contributed by atoms with Crippen molar-refractivity contribution in [3.05, 3.63) is 61.2 Å². The number of aromatic nitrogens is 5. The van der Waals surface area contributed by atoms with Crippen LogP contribution < -0.4 is 10.6 Å². The zero-order valence-corrected chi connectivity index (χ0v) is 19.5. The van der Waals surface area contributed by atoms with Gasteiger partial charge in [-0.05, 0) is 35.9 Å². The molecule has 1 saturated carbocycles. The lowest BCUT2D eigenvalue weighted by Crippen LogP contribution is -2.13. The summed E-state index contributed by atoms with van der Waals surface area (Å²) in [6, 6.07) is 7.81. The smallest absolute Gasteiger partial charge is 0.243 e. The van der Waals surface area contributed by atoms with Gasteiger partial charge in [0, 0.05) is 36.1 Å². The van der Waals surface area contributed by atoms with Crippen molar-refractivity contribution in [3.63, 3.8) is 0 Å². The second-order valence-corrected chi connectivity index (χ2v) is 7.81. The molecular weight excluding hydrogens is 430 g/mol. The van der Waals surface area contributed by atoms with E-state index in [1.54, 1.807) is 30.3 Å². The predicted molar refractivity (Wildman–Crippen MR) is 133 cm³/mol. The van der Waals surface area contributed by atoms with E-state index in [9.17, 15) is 9.59 Å². The number of carbonyl (C=O) groups is 2. The molecule has 4 aromatic heterocycles. The Morgan fingerprint density at radius 1 is 1.12 bits per heavy atom. The van der Waals surface area contributed by atoms with Gasteiger partial charge in [0.2, 0.25) is 12.3 Å². The lowest BCUT2D eigenvalue weighted by molar-refractivity contribution is -0.116. The number of nitrogens with one attached hydrogen (secondary N) is 3. The standard InChI is InChI=1S/C15H12N6O.C6H12.C4H7NO/c22-9-16-7-10-6-12-11(3-5-17-15(12)20-10)13-8-19-21-14(13)2-1-4-18-21;1-2-4-6-5-3-1;1-3-4(6)5-2/h1-6,8-9H,7H2,(H,16,22)(H,17,20);1-6H2;3H,1H2,2H3,(H,5,6). The maximum absolute atomic E-state index is 10.4. The highest BCUT2D eigenvalue weighted by Crippen LogP contribution is 2.30. The van der Waals surface area contributed by atoms with Crippen LogP contribution in [0, 0.1) is 0 Å². The van der Waals surface area contributed by atoms with E-state index in [1.165, 1.54) is 44.6 Å². The molecule has 178 valence electrons. The van der Waals surface area contributed by atoms with E-state index in [0.717, 1.165) is 33.4 Å². The zero-order valence-electron chi connectivity index (χ0n) is 19.5. The van der Waals surface area contributed by atoms with Gasteiger partial charge in [0.05, 0.1) is 18.3 Å². The molecular formula is C25H31N7O2. The van der Waals surface area contributed by atoms with Crippen molar-refractivity contribution in [2.45, 2.75) is 45.1 Å². The van der Waals surface area contributed by atoms with Crippen molar-refractivity contribution in [1.82, 2.24) is 35.4 Å². The van der Waals surface area contributed by atoms with E-state index < -0.39 is 0 Å². The van der Waals surface area contributed by atoms with Gasteiger partial charge in [0.1, 0.15) is 5.65 Å². The molecule has 0 aliphatic heterocycles. The van der Waals surface area contributed by atoms with Crippen molar-refractivity contribution in [2.75, 3.05) is 7.05 Å². The minimum absolute atomic E-state index is 0.144. The third-order valence-corrected chi connectivity index (χ3v) is 5.49. The van der Waals surface area contributed by atoms with Crippen LogP contribution in [0.25, 0.3) is 27.7 Å². The molecule has 0 atom stereocenters. The number of amides is 2. The number of aromatic amines is 1. The number of hydrogen-bond donors (Lipinski definition) is 3. The van der Waals surface area contributed by atoms with Crippen molar-refractivity contribution in [1.29, 1.82) is 0 Å². The van der Waals surface area contributed by atoms with Gasteiger partial charge >= 0.3 is 0 Å². The second-order valence-electron chi connectivity index (χ2n) is 7.81. The molecule has 9 heteroatoms. The first-order valence-electron chi connectivity index (χ1n) is 11.4. The average molecular weight is 462 g/mol. The third-order valence-electron chi connectivity index (χ3n) is 5.49. The number of carbonyl (C=O) groups excluding carboxylic acids is 2. The Balaban J connectivity index is 0.000000223. The fourth-order valence-corrected chi connectivity index (χ4v) is 3.77. The maximum atomic E-state index is 10.4. The van der Waals surface area contributed by atoms with Gasteiger partial charge in [-0.3, -0.25) is 9.59 Å². The first-order valence-corrected chi connectivity index (χ1v) is 11.4. The van der Waals surface area contributed by atoms with Gasteiger partial charge in [-0.2, -0.15) is 14.8 Å². The fourth-order valence-electron chi connectivity index (χ4n) is 3.77. The molecule has 0 aromatic carbocycles. The molecule has 0 spiro atoms. The summed E-state index contributed by atoms with van der Waals surface area (Å²) in [4.78, 5) is 27.9. The molecule has 3 N–H and O–H groups in total. The molecule has 0 unspecified atom stereocenters. The molecule has 0 saturated heterocycles. The second kappa shape index (κ2) is 12.9. The fraction of sp³-hybridized carbons (Fsp3) is 0.320. The summed E-state index contributed by atoms with van der Waals surface area (Å²) in [5.74, 6) is -0.144. The first-order chi connectivity index (χ1) is 16.7. The van der Waals surface area contributed by atoms with E-state index in [0.29, 0.717) is 13.0 Å². The van der Waals surface area contributed by atoms with Crippen LogP contribution in [0.1, 0.15) is 44.2 Å². The predicted octanol–water partition coefficient (Wildman–Crippen LogP) is 3.78. The molecule has 9 nitrogen and oxygen atoms in total. The molecule has 1 aliphatic rings. The molecule has 4 heterocycles. The number of rotatable bonds is 5. The Morgan fingerprint density at radius 2 is 1.85 bits per heavy atom. The van der Waals surface area contributed by atoms with Crippen molar-refractivity contribution in [2.24, 2.45) is 0 Å². The van der Waals surface area contributed by atoms with E-state index in [4.69, 9.17) is 0 Å². The number of hydrogen-bond acceptors (Lipinski definition) is 5. The van der Waals surface area contributed by atoms with Crippen LogP contribution in [-0.2, 0) is 16.1 Å². The Hall–Kier alpha value is -4.01. The molecule has 1 fully saturated rings. The van der Waals surface area contributed by atoms with Gasteiger partial charge in [-0.15, -0.1) is 0 Å². The highest BCUT2D eigenvalue weighted by Gasteiger charge is 2.12. The summed E-state index contributed by atoms with van der Waals surface area (Å²) < 4.78 is 1.60. The minimum Gasteiger partial charge on any atom is -0.356 e. The average Bonchev–Trinajstić information content (AvgIpc) is 3.53. The third kappa shape index (κ3) is 6.50. The van der Waals surface area contributed by atoms with Crippen LogP contribution in [-0.4, -0.2) is 44.2 Å². The summed E-state index contributed by atoms with van der Waals surface area (Å²) in [7, 11) is 1.56. The quantitative estimate of drug-likeness (QED) is 0.309. The molecule has 0 radical (unpaired) electrons. The number of nitrogens with zero attached hydrogens (tertiary/aromatic N) is 4. The van der Waals surface area contributed by atoms with Crippen LogP contribution in [0.5, 0.6) is 0 Å². The zero-order chi connectivity index (χ0) is 24.2. The van der Waals surface area contributed by atoms with Crippen LogP contribution in [0.3, 0.4) is 0 Å². The summed E-state index contributed by atoms with van der Waals surface area (Å²) in [5.41, 5.74) is 4.64. The molecule has 5 rings (SSSR count). The number of H-pyrrole nitrogens is 1. The maximum Gasteiger partial charge on any atom is 0.243 e. The Morgan fingerprint density at radius 3 is 2.47 bits per heavy atom. The van der Waals surface area contributed by atoms with Crippen LogP contribution in [0.4, 0.5) is 0 Å². The minimum atomic E-state index is -0.144. The van der Waals surface area contributed by atoms with Crippen LogP contribution >= 0.6 is 0 Å². The molecule has 0 bridgehead atoms. The summed E-state index contributed by atoms with van der Waals surface area (Å²) in [6.45, 7) is 3.66. The largest absolute Gasteiger partial charge is 0.356 e. The van der Waals surface area contributed by atoms with Crippen molar-refractivity contribution < 1.29 is 9.59 Å².